The zero-order valence-corrected chi connectivity index (χ0v) is 11.1. The Balaban J connectivity index is 1.74. The van der Waals surface area contributed by atoms with Crippen molar-refractivity contribution in [1.29, 1.82) is 0 Å². The van der Waals surface area contributed by atoms with E-state index in [9.17, 15) is 0 Å². The first kappa shape index (κ1) is 12.2. The largest absolute Gasteiger partial charge is 0.497 e. The van der Waals surface area contributed by atoms with Crippen LogP contribution in [-0.4, -0.2) is 17.1 Å². The molecule has 0 saturated carbocycles. The summed E-state index contributed by atoms with van der Waals surface area (Å²) in [6.45, 7) is 0.829. The van der Waals surface area contributed by atoms with Crippen molar-refractivity contribution in [1.82, 2.24) is 15.3 Å². The molecule has 100 valence electrons. The molecule has 2 aromatic rings. The van der Waals surface area contributed by atoms with Gasteiger partial charge < -0.3 is 15.0 Å². The third-order valence-corrected chi connectivity index (χ3v) is 3.76. The monoisotopic (exact) mass is 257 g/mol. The van der Waals surface area contributed by atoms with E-state index in [2.05, 4.69) is 33.5 Å². The molecular formula is C15H19N3O. The zero-order valence-electron chi connectivity index (χ0n) is 11.1. The van der Waals surface area contributed by atoms with E-state index in [1.54, 1.807) is 13.4 Å². The molecule has 1 unspecified atom stereocenters. The van der Waals surface area contributed by atoms with E-state index in [-0.39, 0.29) is 0 Å². The number of rotatable bonds is 4. The van der Waals surface area contributed by atoms with Crippen LogP contribution in [0.4, 0.5) is 0 Å². The summed E-state index contributed by atoms with van der Waals surface area (Å²) in [5.41, 5.74) is 3.94. The highest BCUT2D eigenvalue weighted by molar-refractivity contribution is 5.39. The van der Waals surface area contributed by atoms with Crippen LogP contribution in [0.3, 0.4) is 0 Å². The first-order valence-corrected chi connectivity index (χ1v) is 6.74. The van der Waals surface area contributed by atoms with Crippen LogP contribution in [0.15, 0.2) is 30.7 Å². The molecule has 0 bridgehead atoms. The number of benzene rings is 1. The van der Waals surface area contributed by atoms with E-state index in [1.807, 2.05) is 6.20 Å². The number of aryl methyl sites for hydroxylation is 1. The summed E-state index contributed by atoms with van der Waals surface area (Å²) in [7, 11) is 1.72. The quantitative estimate of drug-likeness (QED) is 0.885. The number of ether oxygens (including phenoxy) is 1. The van der Waals surface area contributed by atoms with E-state index in [4.69, 9.17) is 4.74 Å². The van der Waals surface area contributed by atoms with Gasteiger partial charge in [-0.15, -0.1) is 0 Å². The second kappa shape index (κ2) is 5.45. The number of imidazole rings is 1. The van der Waals surface area contributed by atoms with Crippen LogP contribution < -0.4 is 10.1 Å². The van der Waals surface area contributed by atoms with Crippen LogP contribution in [0.5, 0.6) is 5.75 Å². The average molecular weight is 257 g/mol. The average Bonchev–Trinajstić information content (AvgIpc) is 2.97. The third-order valence-electron chi connectivity index (χ3n) is 3.76. The maximum atomic E-state index is 5.30. The summed E-state index contributed by atoms with van der Waals surface area (Å²) in [4.78, 5) is 7.17. The van der Waals surface area contributed by atoms with Gasteiger partial charge in [0.2, 0.25) is 0 Å². The Morgan fingerprint density at radius 3 is 3.21 bits per heavy atom. The van der Waals surface area contributed by atoms with E-state index in [1.165, 1.54) is 24.0 Å². The molecule has 0 amide bonds. The molecule has 1 aliphatic rings. The minimum Gasteiger partial charge on any atom is -0.497 e. The molecule has 3 rings (SSSR count). The van der Waals surface area contributed by atoms with Gasteiger partial charge in [-0.25, -0.2) is 4.98 Å². The van der Waals surface area contributed by atoms with Crippen molar-refractivity contribution in [2.24, 2.45) is 0 Å². The molecule has 2 N–H and O–H groups in total. The maximum absolute atomic E-state index is 5.30. The molecule has 1 aromatic heterocycles. The van der Waals surface area contributed by atoms with Crippen molar-refractivity contribution in [3.05, 3.63) is 47.5 Å². The molecule has 0 saturated heterocycles. The molecule has 0 radical (unpaired) electrons. The smallest absolute Gasteiger partial charge is 0.119 e. The van der Waals surface area contributed by atoms with Crippen molar-refractivity contribution in [3.63, 3.8) is 0 Å². The maximum Gasteiger partial charge on any atom is 0.119 e. The van der Waals surface area contributed by atoms with Crippen LogP contribution in [0.25, 0.3) is 0 Å². The van der Waals surface area contributed by atoms with Crippen LogP contribution in [-0.2, 0) is 13.0 Å². The van der Waals surface area contributed by atoms with Crippen molar-refractivity contribution in [3.8, 4) is 5.75 Å². The number of hydrogen-bond donors (Lipinski definition) is 2. The van der Waals surface area contributed by atoms with Crippen molar-refractivity contribution in [2.45, 2.75) is 31.8 Å². The van der Waals surface area contributed by atoms with E-state index >= 15 is 0 Å². The van der Waals surface area contributed by atoms with Crippen molar-refractivity contribution in [2.75, 3.05) is 7.11 Å². The van der Waals surface area contributed by atoms with Gasteiger partial charge in [0.1, 0.15) is 5.75 Å². The van der Waals surface area contributed by atoms with E-state index < -0.39 is 0 Å². The normalized spacial score (nSPS) is 18.1. The van der Waals surface area contributed by atoms with Crippen LogP contribution in [0, 0.1) is 0 Å². The van der Waals surface area contributed by atoms with E-state index in [0.717, 1.165) is 24.4 Å². The Morgan fingerprint density at radius 1 is 1.47 bits per heavy atom. The summed E-state index contributed by atoms with van der Waals surface area (Å²) >= 11 is 0. The lowest BCUT2D eigenvalue weighted by atomic mass is 9.87. The number of methoxy groups -OCH3 is 1. The lowest BCUT2D eigenvalue weighted by Gasteiger charge is -2.26. The third kappa shape index (κ3) is 2.63. The summed E-state index contributed by atoms with van der Waals surface area (Å²) in [5.74, 6) is 0.952. The molecule has 1 atom stereocenters. The van der Waals surface area contributed by atoms with Gasteiger partial charge in [0, 0.05) is 24.5 Å². The summed E-state index contributed by atoms with van der Waals surface area (Å²) in [5, 5.41) is 3.61. The Kier molecular flexibility index (Phi) is 3.51. The van der Waals surface area contributed by atoms with Gasteiger partial charge in [-0.3, -0.25) is 0 Å². The first-order valence-electron chi connectivity index (χ1n) is 6.74. The Bertz CT molecular complexity index is 536. The molecule has 4 nitrogen and oxygen atoms in total. The minimum atomic E-state index is 0.429. The van der Waals surface area contributed by atoms with Crippen LogP contribution in [0.1, 0.15) is 35.7 Å². The van der Waals surface area contributed by atoms with Gasteiger partial charge in [0.25, 0.3) is 0 Å². The van der Waals surface area contributed by atoms with Gasteiger partial charge in [-0.2, -0.15) is 0 Å². The Labute approximate surface area is 113 Å². The standard InChI is InChI=1S/C15H19N3O/c1-19-13-5-6-14-11(7-13)3-2-4-15(14)17-9-12-8-16-10-18-12/h5-8,10,15,17H,2-4,9H2,1H3,(H,16,18). The molecule has 1 aromatic carbocycles. The fourth-order valence-corrected chi connectivity index (χ4v) is 2.74. The fourth-order valence-electron chi connectivity index (χ4n) is 2.74. The summed E-state index contributed by atoms with van der Waals surface area (Å²) in [6.07, 6.45) is 7.14. The highest BCUT2D eigenvalue weighted by Gasteiger charge is 2.20. The van der Waals surface area contributed by atoms with Crippen LogP contribution >= 0.6 is 0 Å². The number of hydrogen-bond acceptors (Lipinski definition) is 3. The second-order valence-electron chi connectivity index (χ2n) is 4.97. The van der Waals surface area contributed by atoms with Gasteiger partial charge in [-0.05, 0) is 42.5 Å². The van der Waals surface area contributed by atoms with Gasteiger partial charge >= 0.3 is 0 Å². The fraction of sp³-hybridized carbons (Fsp3) is 0.400. The highest BCUT2D eigenvalue weighted by atomic mass is 16.5. The SMILES string of the molecule is COc1ccc2c(c1)CCCC2NCc1cnc[nH]1. The van der Waals surface area contributed by atoms with Crippen molar-refractivity contribution < 1.29 is 4.74 Å². The number of H-pyrrole nitrogens is 1. The molecule has 0 spiro atoms. The number of nitrogens with one attached hydrogen (secondary N) is 2. The highest BCUT2D eigenvalue weighted by Crippen LogP contribution is 2.32. The molecule has 1 heterocycles. The van der Waals surface area contributed by atoms with Crippen molar-refractivity contribution >= 4 is 0 Å². The molecule has 1 aliphatic carbocycles. The minimum absolute atomic E-state index is 0.429. The van der Waals surface area contributed by atoms with Gasteiger partial charge in [-0.1, -0.05) is 6.07 Å². The Hall–Kier alpha value is -1.81. The van der Waals surface area contributed by atoms with Crippen LogP contribution in [0.2, 0.25) is 0 Å². The Morgan fingerprint density at radius 2 is 2.42 bits per heavy atom. The molecule has 19 heavy (non-hydrogen) atoms. The number of aromatic amines is 1. The lowest BCUT2D eigenvalue weighted by Crippen LogP contribution is -2.25. The number of aromatic nitrogens is 2. The lowest BCUT2D eigenvalue weighted by molar-refractivity contribution is 0.410. The molecule has 0 aliphatic heterocycles. The first-order chi connectivity index (χ1) is 9.36. The second-order valence-corrected chi connectivity index (χ2v) is 4.97. The zero-order chi connectivity index (χ0) is 13.1. The summed E-state index contributed by atoms with van der Waals surface area (Å²) in [6, 6.07) is 6.84. The number of fused-ring (bicyclic) bond motifs is 1. The molecule has 4 heteroatoms. The predicted molar refractivity (Wildman–Crippen MR) is 74.1 cm³/mol. The van der Waals surface area contributed by atoms with Gasteiger partial charge in [0.05, 0.1) is 13.4 Å². The number of nitrogens with zero attached hydrogens (tertiary/aromatic N) is 1. The molecular weight excluding hydrogens is 238 g/mol. The predicted octanol–water partition coefficient (Wildman–Crippen LogP) is 2.59. The van der Waals surface area contributed by atoms with E-state index in [0.29, 0.717) is 6.04 Å². The topological polar surface area (TPSA) is 49.9 Å². The van der Waals surface area contributed by atoms with Gasteiger partial charge in [0.15, 0.2) is 0 Å². The molecule has 0 fully saturated rings. The summed E-state index contributed by atoms with van der Waals surface area (Å²) < 4.78 is 5.30.